The van der Waals surface area contributed by atoms with Crippen LogP contribution in [0.2, 0.25) is 0 Å². The minimum Gasteiger partial charge on any atom is -0.467 e. The summed E-state index contributed by atoms with van der Waals surface area (Å²) in [6.45, 7) is 9.76. The van der Waals surface area contributed by atoms with Gasteiger partial charge in [-0.1, -0.05) is 0 Å². The van der Waals surface area contributed by atoms with Gasteiger partial charge in [-0.15, -0.1) is 0 Å². The molecule has 1 fully saturated rings. The molecule has 27 heavy (non-hydrogen) atoms. The fraction of sp³-hybridized carbons (Fsp3) is 0.632. The van der Waals surface area contributed by atoms with Crippen LogP contribution >= 0.6 is 0 Å². The number of hydrogen-bond donors (Lipinski definition) is 2. The summed E-state index contributed by atoms with van der Waals surface area (Å²) in [5, 5.41) is 6.34. The van der Waals surface area contributed by atoms with Gasteiger partial charge in [-0.3, -0.25) is 20.0 Å². The molecule has 1 aromatic heterocycles. The number of nitrogens with one attached hydrogen (secondary N) is 2. The number of aromatic nitrogens is 1. The first kappa shape index (κ1) is 21.1. The van der Waals surface area contributed by atoms with Gasteiger partial charge in [0, 0.05) is 37.1 Å². The Morgan fingerprint density at radius 1 is 1.37 bits per heavy atom. The first-order valence-corrected chi connectivity index (χ1v) is 9.31. The summed E-state index contributed by atoms with van der Waals surface area (Å²) in [5.41, 5.74) is 1.08. The van der Waals surface area contributed by atoms with E-state index in [1.807, 2.05) is 20.8 Å². The van der Waals surface area contributed by atoms with Crippen LogP contribution in [-0.4, -0.2) is 60.3 Å². The fourth-order valence-corrected chi connectivity index (χ4v) is 2.95. The smallest absolute Gasteiger partial charge is 0.412 e. The lowest BCUT2D eigenvalue weighted by Gasteiger charge is -2.32. The van der Waals surface area contributed by atoms with Gasteiger partial charge in [-0.05, 0) is 52.8 Å². The van der Waals surface area contributed by atoms with Crippen LogP contribution in [-0.2, 0) is 20.8 Å². The molecule has 0 atom stereocenters. The van der Waals surface area contributed by atoms with Gasteiger partial charge < -0.3 is 14.8 Å². The van der Waals surface area contributed by atoms with Gasteiger partial charge in [0.15, 0.2) is 0 Å². The number of carbonyl (C=O) groups is 2. The second-order valence-corrected chi connectivity index (χ2v) is 7.62. The number of hydrogen-bond acceptors (Lipinski definition) is 7. The average Bonchev–Trinajstić information content (AvgIpc) is 2.61. The molecule has 8 nitrogen and oxygen atoms in total. The third kappa shape index (κ3) is 7.92. The number of nitrogens with zero attached hydrogens (tertiary/aromatic N) is 2. The van der Waals surface area contributed by atoms with E-state index >= 15 is 0 Å². The maximum absolute atomic E-state index is 12.0. The van der Waals surface area contributed by atoms with Crippen molar-refractivity contribution in [3.63, 3.8) is 0 Å². The Balaban J connectivity index is 1.79. The maximum Gasteiger partial charge on any atom is 0.412 e. The second-order valence-electron chi connectivity index (χ2n) is 7.62. The van der Waals surface area contributed by atoms with Gasteiger partial charge >= 0.3 is 6.09 Å². The van der Waals surface area contributed by atoms with E-state index in [4.69, 9.17) is 9.47 Å². The first-order valence-electron chi connectivity index (χ1n) is 9.31. The van der Waals surface area contributed by atoms with E-state index in [9.17, 15) is 9.59 Å². The van der Waals surface area contributed by atoms with Crippen molar-refractivity contribution < 1.29 is 19.1 Å². The number of rotatable bonds is 8. The molecule has 0 aliphatic carbocycles. The lowest BCUT2D eigenvalue weighted by atomic mass is 10.0. The minimum absolute atomic E-state index is 0.405. The molecule has 0 radical (unpaired) electrons. The summed E-state index contributed by atoms with van der Waals surface area (Å²) in [6.07, 6.45) is 4.98. The predicted octanol–water partition coefficient (Wildman–Crippen LogP) is 2.16. The summed E-state index contributed by atoms with van der Waals surface area (Å²) in [7, 11) is 0. The van der Waals surface area contributed by atoms with E-state index in [0.29, 0.717) is 31.4 Å². The molecule has 0 aromatic carbocycles. The monoisotopic (exact) mass is 378 g/mol. The normalized spacial score (nSPS) is 16.0. The zero-order valence-corrected chi connectivity index (χ0v) is 16.4. The van der Waals surface area contributed by atoms with Crippen LogP contribution in [0.5, 0.6) is 0 Å². The van der Waals surface area contributed by atoms with E-state index in [0.717, 1.165) is 38.0 Å². The van der Waals surface area contributed by atoms with E-state index in [-0.39, 0.29) is 0 Å². The van der Waals surface area contributed by atoms with Gasteiger partial charge in [-0.2, -0.15) is 0 Å². The van der Waals surface area contributed by atoms with Crippen molar-refractivity contribution in [2.45, 2.75) is 51.8 Å². The molecule has 1 aliphatic heterocycles. The van der Waals surface area contributed by atoms with Gasteiger partial charge in [0.1, 0.15) is 12.2 Å². The highest BCUT2D eigenvalue weighted by Crippen LogP contribution is 2.17. The summed E-state index contributed by atoms with van der Waals surface area (Å²) in [6, 6.07) is 2.18. The molecule has 1 amide bonds. The molecular weight excluding hydrogens is 348 g/mol. The molecule has 150 valence electrons. The van der Waals surface area contributed by atoms with Gasteiger partial charge in [0.25, 0.3) is 6.47 Å². The van der Waals surface area contributed by atoms with Crippen molar-refractivity contribution in [2.24, 2.45) is 0 Å². The molecule has 0 spiro atoms. The summed E-state index contributed by atoms with van der Waals surface area (Å²) in [4.78, 5) is 28.7. The highest BCUT2D eigenvalue weighted by molar-refractivity contribution is 5.85. The molecule has 2 N–H and O–H groups in total. The van der Waals surface area contributed by atoms with Crippen LogP contribution in [0.4, 0.5) is 10.5 Å². The van der Waals surface area contributed by atoms with Crippen LogP contribution in [0.1, 0.15) is 39.2 Å². The number of piperidine rings is 1. The Labute approximate surface area is 160 Å². The number of likely N-dealkylation sites (tertiary alicyclic amines) is 1. The minimum atomic E-state index is -0.541. The van der Waals surface area contributed by atoms with Crippen LogP contribution in [0.15, 0.2) is 18.5 Å². The zero-order chi connectivity index (χ0) is 19.7. The van der Waals surface area contributed by atoms with Gasteiger partial charge in [0.2, 0.25) is 0 Å². The molecule has 1 aliphatic rings. The third-order valence-electron chi connectivity index (χ3n) is 4.30. The molecule has 1 saturated heterocycles. The predicted molar refractivity (Wildman–Crippen MR) is 102 cm³/mol. The lowest BCUT2D eigenvalue weighted by Crippen LogP contribution is -2.43. The van der Waals surface area contributed by atoms with Crippen LogP contribution in [0.3, 0.4) is 0 Å². The van der Waals surface area contributed by atoms with Crippen LogP contribution in [0, 0.1) is 0 Å². The summed E-state index contributed by atoms with van der Waals surface area (Å²) < 4.78 is 10.1. The molecule has 0 saturated carbocycles. The Morgan fingerprint density at radius 2 is 2.11 bits per heavy atom. The molecule has 8 heteroatoms. The van der Waals surface area contributed by atoms with Crippen molar-refractivity contribution in [3.8, 4) is 0 Å². The molecule has 0 unspecified atom stereocenters. The Kier molecular flexibility index (Phi) is 7.99. The first-order chi connectivity index (χ1) is 12.9. The SMILES string of the molecule is CC(C)(C)OC(=O)Nc1ccncc1CNC1CCN(CCOC=O)CC1. The van der Waals surface area contributed by atoms with Crippen LogP contribution in [0.25, 0.3) is 0 Å². The number of amides is 1. The average molecular weight is 378 g/mol. The highest BCUT2D eigenvalue weighted by Gasteiger charge is 2.20. The summed E-state index contributed by atoms with van der Waals surface area (Å²) >= 11 is 0. The number of pyridine rings is 1. The van der Waals surface area contributed by atoms with Crippen molar-refractivity contribution in [1.29, 1.82) is 0 Å². The van der Waals surface area contributed by atoms with Crippen molar-refractivity contribution >= 4 is 18.3 Å². The second kappa shape index (κ2) is 10.2. The number of ether oxygens (including phenoxy) is 2. The van der Waals surface area contributed by atoms with Crippen molar-refractivity contribution in [1.82, 2.24) is 15.2 Å². The van der Waals surface area contributed by atoms with E-state index in [2.05, 4.69) is 20.5 Å². The van der Waals surface area contributed by atoms with Crippen molar-refractivity contribution in [3.05, 3.63) is 24.0 Å². The van der Waals surface area contributed by atoms with Gasteiger partial charge in [-0.25, -0.2) is 4.79 Å². The third-order valence-corrected chi connectivity index (χ3v) is 4.30. The Hall–Kier alpha value is -2.19. The molecule has 0 bridgehead atoms. The molecule has 1 aromatic rings. The Morgan fingerprint density at radius 3 is 2.78 bits per heavy atom. The molecular formula is C19H30N4O4. The fourth-order valence-electron chi connectivity index (χ4n) is 2.95. The Bertz CT molecular complexity index is 610. The van der Waals surface area contributed by atoms with E-state index < -0.39 is 11.7 Å². The molecule has 2 rings (SSSR count). The lowest BCUT2D eigenvalue weighted by molar-refractivity contribution is -0.129. The van der Waals surface area contributed by atoms with Gasteiger partial charge in [0.05, 0.1) is 5.69 Å². The number of carbonyl (C=O) groups excluding carboxylic acids is 2. The topological polar surface area (TPSA) is 92.8 Å². The van der Waals surface area contributed by atoms with Crippen LogP contribution < -0.4 is 10.6 Å². The maximum atomic E-state index is 12.0. The van der Waals surface area contributed by atoms with E-state index in [1.54, 1.807) is 18.5 Å². The van der Waals surface area contributed by atoms with E-state index in [1.165, 1.54) is 0 Å². The zero-order valence-electron chi connectivity index (χ0n) is 16.4. The largest absolute Gasteiger partial charge is 0.467 e. The van der Waals surface area contributed by atoms with Crippen molar-refractivity contribution in [2.75, 3.05) is 31.6 Å². The number of anilines is 1. The summed E-state index contributed by atoms with van der Waals surface area (Å²) in [5.74, 6) is 0. The molecule has 2 heterocycles. The highest BCUT2D eigenvalue weighted by atomic mass is 16.6. The quantitative estimate of drug-likeness (QED) is 0.529. The standard InChI is InChI=1S/C19H30N4O4/c1-19(2,3)27-18(25)22-17-4-7-20-12-15(17)13-21-16-5-8-23(9-6-16)10-11-26-14-24/h4,7,12,14,16,21H,5-6,8-11,13H2,1-3H3,(H,20,22,25).